The molecular weight excluding hydrogens is 527 g/mol. The van der Waals surface area contributed by atoms with Crippen molar-refractivity contribution in [2.45, 2.75) is 71.1 Å². The maximum Gasteiger partial charge on any atom is 0.407 e. The highest BCUT2D eigenvalue weighted by Gasteiger charge is 2.41. The monoisotopic (exact) mass is 559 g/mol. The lowest BCUT2D eigenvalue weighted by molar-refractivity contribution is -0.137. The van der Waals surface area contributed by atoms with Gasteiger partial charge in [-0.25, -0.2) is 4.85 Å². The summed E-state index contributed by atoms with van der Waals surface area (Å²) >= 11 is 0. The van der Waals surface area contributed by atoms with Gasteiger partial charge in [-0.05, 0) is 67.9 Å². The fraction of sp³-hybridized carbons (Fsp3) is 0.407. The number of hydrogen-bond donors (Lipinski definition) is 3. The molecular formula is C27H32F3N5O3Si. The molecule has 0 aliphatic rings. The van der Waals surface area contributed by atoms with Gasteiger partial charge in [0.1, 0.15) is 6.04 Å². The molecule has 0 saturated heterocycles. The van der Waals surface area contributed by atoms with E-state index in [0.29, 0.717) is 5.56 Å². The number of benzene rings is 2. The molecule has 0 spiro atoms. The predicted molar refractivity (Wildman–Crippen MR) is 144 cm³/mol. The third-order valence-corrected chi connectivity index (χ3v) is 11.3. The molecule has 0 bridgehead atoms. The molecule has 2 aromatic rings. The minimum Gasteiger partial charge on any atom is -0.412 e. The zero-order valence-electron chi connectivity index (χ0n) is 22.9. The van der Waals surface area contributed by atoms with E-state index in [-0.39, 0.29) is 21.9 Å². The predicted octanol–water partition coefficient (Wildman–Crippen LogP) is 6.09. The van der Waals surface area contributed by atoms with E-state index in [0.717, 1.165) is 6.07 Å². The lowest BCUT2D eigenvalue weighted by Gasteiger charge is -2.40. The number of anilines is 1. The molecule has 8 nitrogen and oxygen atoms in total. The molecule has 12 heteroatoms. The quantitative estimate of drug-likeness (QED) is 0.216. The van der Waals surface area contributed by atoms with Gasteiger partial charge in [0.25, 0.3) is 11.8 Å². The second kappa shape index (κ2) is 11.9. The summed E-state index contributed by atoms with van der Waals surface area (Å²) < 4.78 is 47.7. The molecule has 0 aromatic heterocycles. The number of nitriles is 1. The Hall–Kier alpha value is -3.87. The summed E-state index contributed by atoms with van der Waals surface area (Å²) in [6.07, 6.45) is -5.59. The normalized spacial score (nSPS) is 13.4. The first-order valence-electron chi connectivity index (χ1n) is 12.1. The van der Waals surface area contributed by atoms with Crippen LogP contribution in [0.15, 0.2) is 36.4 Å². The fourth-order valence-electron chi connectivity index (χ4n) is 3.54. The number of halogens is 3. The van der Waals surface area contributed by atoms with Gasteiger partial charge in [0.2, 0.25) is 0 Å². The van der Waals surface area contributed by atoms with Gasteiger partial charge in [-0.1, -0.05) is 26.8 Å². The average molecular weight is 560 g/mol. The van der Waals surface area contributed by atoms with Crippen LogP contribution in [0.4, 0.5) is 24.5 Å². The first-order chi connectivity index (χ1) is 17.9. The van der Waals surface area contributed by atoms with E-state index in [4.69, 9.17) is 16.3 Å². The van der Waals surface area contributed by atoms with Crippen molar-refractivity contribution in [2.75, 3.05) is 5.32 Å². The molecule has 2 rings (SSSR count). The number of rotatable bonds is 7. The van der Waals surface area contributed by atoms with Crippen molar-refractivity contribution in [3.63, 3.8) is 0 Å². The second-order valence-corrected chi connectivity index (χ2v) is 15.3. The number of carbonyl (C=O) groups is 2. The van der Waals surface area contributed by atoms with E-state index in [1.54, 1.807) is 6.92 Å². The average Bonchev–Trinajstić information content (AvgIpc) is 2.84. The van der Waals surface area contributed by atoms with Gasteiger partial charge in [-0.15, -0.1) is 0 Å². The molecule has 39 heavy (non-hydrogen) atoms. The van der Waals surface area contributed by atoms with Gasteiger partial charge in [0.15, 0.2) is 14.0 Å². The molecule has 0 saturated carbocycles. The Morgan fingerprint density at radius 2 is 1.67 bits per heavy atom. The minimum absolute atomic E-state index is 0.000949. The van der Waals surface area contributed by atoms with Crippen molar-refractivity contribution in [3.8, 4) is 6.07 Å². The van der Waals surface area contributed by atoms with Crippen LogP contribution in [0.1, 0.15) is 54.7 Å². The maximum atomic E-state index is 13.8. The number of carbonyl (C=O) groups excluding carboxylic acids is 2. The van der Waals surface area contributed by atoms with Crippen molar-refractivity contribution in [3.05, 3.63) is 70.1 Å². The van der Waals surface area contributed by atoms with Crippen molar-refractivity contribution in [1.29, 1.82) is 5.26 Å². The van der Waals surface area contributed by atoms with Crippen LogP contribution in [0, 0.1) is 24.8 Å². The van der Waals surface area contributed by atoms with E-state index in [9.17, 15) is 22.8 Å². The van der Waals surface area contributed by atoms with Crippen molar-refractivity contribution < 1.29 is 27.2 Å². The Labute approximate surface area is 227 Å². The van der Waals surface area contributed by atoms with Crippen molar-refractivity contribution >= 4 is 31.5 Å². The molecule has 0 unspecified atom stereocenters. The molecule has 2 amide bonds. The van der Waals surface area contributed by atoms with Gasteiger partial charge in [-0.3, -0.25) is 20.4 Å². The van der Waals surface area contributed by atoms with Crippen LogP contribution >= 0.6 is 0 Å². The molecule has 0 fully saturated rings. The number of nitrogens with zero attached hydrogens (tertiary/aromatic N) is 2. The second-order valence-electron chi connectivity index (χ2n) is 10.6. The molecule has 0 aliphatic carbocycles. The van der Waals surface area contributed by atoms with Crippen LogP contribution < -0.4 is 16.2 Å². The van der Waals surface area contributed by atoms with Gasteiger partial charge in [-0.2, -0.15) is 18.4 Å². The third-order valence-electron chi connectivity index (χ3n) is 6.77. The number of amides is 2. The SMILES string of the molecule is [C-]#[N+]c1ccc(N[C@@H](C(=O)NNC(=O)c2ccc(C#N)cc2)[C@@H](C)O[Si](C)(C)C(C)(C)C)c(C)c1C(F)(F)F. The zero-order chi connectivity index (χ0) is 29.8. The lowest BCUT2D eigenvalue weighted by atomic mass is 10.0. The highest BCUT2D eigenvalue weighted by atomic mass is 28.4. The number of alkyl halides is 3. The third kappa shape index (κ3) is 7.59. The van der Waals surface area contributed by atoms with Gasteiger partial charge in [0, 0.05) is 11.3 Å². The molecule has 0 radical (unpaired) electrons. The summed E-state index contributed by atoms with van der Waals surface area (Å²) in [6.45, 7) is 20.0. The van der Waals surface area contributed by atoms with E-state index in [1.165, 1.54) is 37.3 Å². The Morgan fingerprint density at radius 3 is 2.15 bits per heavy atom. The minimum atomic E-state index is -4.78. The molecule has 208 valence electrons. The smallest absolute Gasteiger partial charge is 0.407 e. The molecule has 2 atom stereocenters. The lowest BCUT2D eigenvalue weighted by Crippen LogP contribution is -2.55. The number of nitrogens with one attached hydrogen (secondary N) is 3. The number of hydrogen-bond acceptors (Lipinski definition) is 5. The van der Waals surface area contributed by atoms with Crippen LogP contribution in [0.5, 0.6) is 0 Å². The molecule has 2 aromatic carbocycles. The Kier molecular flexibility index (Phi) is 9.55. The Balaban J connectivity index is 2.40. The van der Waals surface area contributed by atoms with Crippen LogP contribution in [0.3, 0.4) is 0 Å². The van der Waals surface area contributed by atoms with Gasteiger partial charge < -0.3 is 9.74 Å². The highest BCUT2D eigenvalue weighted by molar-refractivity contribution is 6.74. The Morgan fingerprint density at radius 1 is 1.08 bits per heavy atom. The standard InChI is InChI=1S/C27H32F3N5O3Si/c1-16-20(13-14-21(32-6)22(16)27(28,29)30)33-23(17(2)38-39(7,8)26(3,4)5)25(37)35-34-24(36)19-11-9-18(15-31)10-12-19/h9-14,17,23,33H,1-5,7-8H3,(H,34,36)(H,35,37)/t17-,23-/m1/s1. The summed E-state index contributed by atoms with van der Waals surface area (Å²) in [6, 6.07) is 8.82. The maximum absolute atomic E-state index is 13.8. The largest absolute Gasteiger partial charge is 0.412 e. The van der Waals surface area contributed by atoms with E-state index in [1.807, 2.05) is 39.9 Å². The van der Waals surface area contributed by atoms with Crippen LogP contribution in [-0.4, -0.2) is 32.3 Å². The van der Waals surface area contributed by atoms with E-state index >= 15 is 0 Å². The first kappa shape index (κ1) is 31.3. The summed E-state index contributed by atoms with van der Waals surface area (Å²) in [4.78, 5) is 28.8. The van der Waals surface area contributed by atoms with Gasteiger partial charge >= 0.3 is 6.18 Å². The summed E-state index contributed by atoms with van der Waals surface area (Å²) in [5, 5.41) is 11.6. The molecule has 0 aliphatic heterocycles. The summed E-state index contributed by atoms with van der Waals surface area (Å²) in [7, 11) is -2.42. The number of hydrazine groups is 1. The van der Waals surface area contributed by atoms with Crippen LogP contribution in [0.25, 0.3) is 4.85 Å². The summed E-state index contributed by atoms with van der Waals surface area (Å²) in [5.41, 5.74) is 3.28. The summed E-state index contributed by atoms with van der Waals surface area (Å²) in [5.74, 6) is -1.40. The van der Waals surface area contributed by atoms with Gasteiger partial charge in [0.05, 0.1) is 29.9 Å². The molecule has 3 N–H and O–H groups in total. The van der Waals surface area contributed by atoms with E-state index < -0.39 is 49.7 Å². The Bertz CT molecular complexity index is 1310. The van der Waals surface area contributed by atoms with E-state index in [2.05, 4.69) is 21.0 Å². The first-order valence-corrected chi connectivity index (χ1v) is 15.0. The molecule has 0 heterocycles. The van der Waals surface area contributed by atoms with Crippen molar-refractivity contribution in [2.24, 2.45) is 0 Å². The van der Waals surface area contributed by atoms with Crippen LogP contribution in [-0.2, 0) is 15.4 Å². The van der Waals surface area contributed by atoms with Crippen molar-refractivity contribution in [1.82, 2.24) is 10.9 Å². The topological polar surface area (TPSA) is 108 Å². The van der Waals surface area contributed by atoms with Crippen LogP contribution in [0.2, 0.25) is 18.1 Å². The highest BCUT2D eigenvalue weighted by Crippen LogP contribution is 2.42. The fourth-order valence-corrected chi connectivity index (χ4v) is 4.96. The zero-order valence-corrected chi connectivity index (χ0v) is 23.9.